The van der Waals surface area contributed by atoms with Gasteiger partial charge in [-0.15, -0.1) is 17.7 Å². The fraction of sp³-hybridized carbons (Fsp3) is 0.280. The molecule has 0 aliphatic heterocycles. The van der Waals surface area contributed by atoms with Gasteiger partial charge in [0.2, 0.25) is 0 Å². The molecular formula is C25H30CoO3Si-2. The molecule has 0 aromatic heterocycles. The van der Waals surface area contributed by atoms with Crippen LogP contribution in [-0.4, -0.2) is 28.0 Å². The van der Waals surface area contributed by atoms with E-state index in [0.717, 1.165) is 25.0 Å². The molecular weight excluding hydrogens is 435 g/mol. The smallest absolute Gasteiger partial charge is 0.0426 e. The maximum Gasteiger partial charge on any atom is -0.0426 e. The summed E-state index contributed by atoms with van der Waals surface area (Å²) in [6, 6.07) is 33.2. The molecule has 0 spiro atoms. The van der Waals surface area contributed by atoms with Crippen LogP contribution in [0.4, 0.5) is 0 Å². The number of methoxy groups -OCH3 is 1. The first-order valence-corrected chi connectivity index (χ1v) is 13.7. The van der Waals surface area contributed by atoms with Gasteiger partial charge in [0, 0.05) is 19.1 Å². The average Bonchev–Trinajstić information content (AvgIpc) is 2.80. The molecule has 3 nitrogen and oxygen atoms in total. The van der Waals surface area contributed by atoms with Gasteiger partial charge in [-0.3, -0.25) is 0 Å². The predicted octanol–water partition coefficient (Wildman–Crippen LogP) is 6.18. The molecule has 3 rings (SSSR count). The minimum atomic E-state index is -1.15. The van der Waals surface area contributed by atoms with Gasteiger partial charge in [0.05, 0.1) is 14.7 Å². The normalized spacial score (nSPS) is 10.1. The third-order valence-electron chi connectivity index (χ3n) is 4.31. The van der Waals surface area contributed by atoms with Gasteiger partial charge >= 0.3 is 19.5 Å². The van der Waals surface area contributed by atoms with E-state index in [-0.39, 0.29) is 0 Å². The van der Waals surface area contributed by atoms with E-state index in [1.807, 2.05) is 54.6 Å². The van der Waals surface area contributed by atoms with Crippen LogP contribution in [0.5, 0.6) is 5.75 Å². The molecule has 0 fully saturated rings. The largest absolute Gasteiger partial charge is 0.184 e. The van der Waals surface area contributed by atoms with Crippen LogP contribution in [0.1, 0.15) is 6.42 Å². The van der Waals surface area contributed by atoms with E-state index in [0.29, 0.717) is 0 Å². The summed E-state index contributed by atoms with van der Waals surface area (Å²) in [7, 11) is 0.634. The van der Waals surface area contributed by atoms with Crippen molar-refractivity contribution in [2.45, 2.75) is 25.6 Å². The molecule has 5 heteroatoms. The number of hydrogen-bond acceptors (Lipinski definition) is 3. The van der Waals surface area contributed by atoms with Gasteiger partial charge in [-0.25, -0.2) is 0 Å². The van der Waals surface area contributed by atoms with Crippen molar-refractivity contribution >= 4 is 8.07 Å². The Balaban J connectivity index is 0.000000285. The van der Waals surface area contributed by atoms with E-state index in [1.54, 1.807) is 7.11 Å². The second kappa shape index (κ2) is 15.7. The zero-order valence-electron chi connectivity index (χ0n) is 17.9. The zero-order valence-corrected chi connectivity index (χ0v) is 19.9. The first kappa shape index (κ1) is 26.0. The Bertz CT molecular complexity index is 746. The van der Waals surface area contributed by atoms with E-state index >= 15 is 0 Å². The molecule has 0 radical (unpaired) electrons. The van der Waals surface area contributed by atoms with Crippen LogP contribution in [0.3, 0.4) is 0 Å². The van der Waals surface area contributed by atoms with Crippen LogP contribution in [0.15, 0.2) is 78.9 Å². The van der Waals surface area contributed by atoms with Crippen molar-refractivity contribution in [3.05, 3.63) is 91.0 Å². The van der Waals surface area contributed by atoms with Crippen molar-refractivity contribution in [1.82, 2.24) is 0 Å². The average molecular weight is 466 g/mol. The van der Waals surface area contributed by atoms with Crippen molar-refractivity contribution in [3.63, 3.8) is 0 Å². The first-order chi connectivity index (χ1) is 14.6. The Morgan fingerprint density at radius 3 is 1.93 bits per heavy atom. The van der Waals surface area contributed by atoms with Crippen LogP contribution < -0.4 is 4.74 Å². The summed E-state index contributed by atoms with van der Waals surface area (Å²) < 4.78 is 18.8. The molecule has 163 valence electrons. The maximum absolute atomic E-state index is 7.94. The third-order valence-corrected chi connectivity index (χ3v) is 7.09. The number of hydrogen-bond donors (Lipinski definition) is 0. The molecule has 0 saturated carbocycles. The fourth-order valence-electron chi connectivity index (χ4n) is 2.88. The standard InChI is InChI=1S/C13H21O2Si.C12H9.Co.O/c1-14-12-16(2,3)11-7-10-15-13-8-5-4-6-9-13;1-3-7-11(8-4-1)12-9-5-2-6-10-12;;/h5-6,8-9H,7,10-12H2,1-3H3;1,3-10H;;/q2*-1;;. The predicted molar refractivity (Wildman–Crippen MR) is 121 cm³/mol. The van der Waals surface area contributed by atoms with Gasteiger partial charge in [-0.1, -0.05) is 49.5 Å². The van der Waals surface area contributed by atoms with Gasteiger partial charge < -0.3 is 9.47 Å². The van der Waals surface area contributed by atoms with E-state index in [2.05, 4.69) is 65.2 Å². The van der Waals surface area contributed by atoms with Crippen LogP contribution in [-0.2, 0) is 24.3 Å². The Kier molecular flexibility index (Phi) is 13.6. The molecule has 0 saturated heterocycles. The van der Waals surface area contributed by atoms with Crippen molar-refractivity contribution in [2.75, 3.05) is 19.9 Å². The molecule has 0 aliphatic rings. The van der Waals surface area contributed by atoms with Crippen LogP contribution in [0.2, 0.25) is 19.1 Å². The van der Waals surface area contributed by atoms with Gasteiger partial charge in [0.1, 0.15) is 0 Å². The van der Waals surface area contributed by atoms with Gasteiger partial charge in [-0.05, 0) is 12.0 Å². The zero-order chi connectivity index (χ0) is 22.1. The van der Waals surface area contributed by atoms with Crippen molar-refractivity contribution in [3.8, 4) is 16.9 Å². The Morgan fingerprint density at radius 2 is 1.37 bits per heavy atom. The molecule has 0 unspecified atom stereocenters. The summed E-state index contributed by atoms with van der Waals surface area (Å²) in [6.45, 7) is 5.51. The molecule has 3 aromatic carbocycles. The summed E-state index contributed by atoms with van der Waals surface area (Å²) in [5.74, 6) is 0.935. The van der Waals surface area contributed by atoms with Crippen molar-refractivity contribution in [1.29, 1.82) is 0 Å². The van der Waals surface area contributed by atoms with Gasteiger partial charge in [0.15, 0.2) is 0 Å². The molecule has 3 aromatic rings. The SMILES string of the molecule is COC[Si](C)(C)CCCOc1cc[c-]cc1.[O]=[Co].[c-]1ccc(-c2ccccc2)cc1. The van der Waals surface area contributed by atoms with Crippen molar-refractivity contribution in [2.24, 2.45) is 0 Å². The van der Waals surface area contributed by atoms with Gasteiger partial charge in [0.25, 0.3) is 0 Å². The number of ether oxygens (including phenoxy) is 2. The molecule has 30 heavy (non-hydrogen) atoms. The topological polar surface area (TPSA) is 35.5 Å². The second-order valence-corrected chi connectivity index (χ2v) is 12.6. The summed E-state index contributed by atoms with van der Waals surface area (Å²) in [5, 5.41) is 0. The van der Waals surface area contributed by atoms with Crippen LogP contribution in [0.25, 0.3) is 11.1 Å². The molecule has 0 atom stereocenters. The first-order valence-electron chi connectivity index (χ1n) is 9.84. The second-order valence-electron chi connectivity index (χ2n) is 7.44. The quantitative estimate of drug-likeness (QED) is 0.226. The van der Waals surface area contributed by atoms with Gasteiger partial charge in [-0.2, -0.15) is 48.5 Å². The number of rotatable bonds is 8. The molecule has 0 N–H and O–H groups in total. The number of benzene rings is 3. The summed E-state index contributed by atoms with van der Waals surface area (Å²) in [6.07, 6.45) is 2.05. The minimum Gasteiger partial charge on any atom is -0.184 e. The Morgan fingerprint density at radius 1 is 0.833 bits per heavy atom. The minimum absolute atomic E-state index is 0.796. The molecule has 0 aliphatic carbocycles. The van der Waals surface area contributed by atoms with E-state index < -0.39 is 8.07 Å². The monoisotopic (exact) mass is 465 g/mol. The molecule has 0 heterocycles. The van der Waals surface area contributed by atoms with Crippen LogP contribution in [0, 0.1) is 12.1 Å². The molecule has 0 bridgehead atoms. The van der Waals surface area contributed by atoms with E-state index in [4.69, 9.17) is 13.3 Å². The maximum atomic E-state index is 7.94. The van der Waals surface area contributed by atoms with E-state index in [1.165, 1.54) is 17.2 Å². The summed E-state index contributed by atoms with van der Waals surface area (Å²) in [5.41, 5.74) is 2.50. The van der Waals surface area contributed by atoms with Crippen LogP contribution >= 0.6 is 0 Å². The van der Waals surface area contributed by atoms with Crippen molar-refractivity contribution < 1.29 is 29.0 Å². The Hall–Kier alpha value is -2.06. The summed E-state index contributed by atoms with van der Waals surface area (Å²) in [4.78, 5) is 0. The Labute approximate surface area is 190 Å². The third kappa shape index (κ3) is 11.2. The van der Waals surface area contributed by atoms with E-state index in [9.17, 15) is 0 Å². The molecule has 0 amide bonds. The summed E-state index contributed by atoms with van der Waals surface area (Å²) >= 11 is 2.31. The fourth-order valence-corrected chi connectivity index (χ4v) is 4.91.